The van der Waals surface area contributed by atoms with E-state index in [1.54, 1.807) is 0 Å². The van der Waals surface area contributed by atoms with E-state index >= 15 is 0 Å². The van der Waals surface area contributed by atoms with Crippen molar-refractivity contribution >= 4 is 41.3 Å². The molecule has 0 aromatic heterocycles. The Kier molecular flexibility index (Phi) is 2.57. The smallest absolute Gasteiger partial charge is 0.273 e. The average molecular weight is 174 g/mol. The molecule has 0 aromatic rings. The zero-order chi connectivity index (χ0) is 7.40. The molecule has 0 atom stereocenters. The molecule has 0 amide bonds. The van der Waals surface area contributed by atoms with E-state index in [1.807, 2.05) is 0 Å². The summed E-state index contributed by atoms with van der Waals surface area (Å²) in [6.45, 7) is 0. The van der Waals surface area contributed by atoms with Gasteiger partial charge in [0.25, 0.3) is 10.4 Å². The first-order chi connectivity index (χ1) is 4.79. The van der Waals surface area contributed by atoms with Crippen LogP contribution in [0.4, 0.5) is 4.79 Å². The molecule has 0 saturated heterocycles. The van der Waals surface area contributed by atoms with E-state index in [9.17, 15) is 4.79 Å². The molecule has 10 heavy (non-hydrogen) atoms. The van der Waals surface area contributed by atoms with Gasteiger partial charge in [0.2, 0.25) is 0 Å². The highest BCUT2D eigenvalue weighted by Gasteiger charge is 1.99. The van der Waals surface area contributed by atoms with Crippen LogP contribution in [0, 0.1) is 0 Å². The molecule has 1 aliphatic heterocycles. The molecule has 0 spiro atoms. The van der Waals surface area contributed by atoms with Gasteiger partial charge in [-0.15, -0.1) is 10.2 Å². The van der Waals surface area contributed by atoms with Gasteiger partial charge in [-0.1, -0.05) is 12.6 Å². The lowest BCUT2D eigenvalue weighted by Gasteiger charge is -1.81. The number of rotatable bonds is 1. The van der Waals surface area contributed by atoms with E-state index in [2.05, 4.69) is 32.2 Å². The summed E-state index contributed by atoms with van der Waals surface area (Å²) in [5.41, 5.74) is 0. The number of azo groups is 1. The summed E-state index contributed by atoms with van der Waals surface area (Å²) in [4.78, 5) is 13.8. The van der Waals surface area contributed by atoms with Crippen molar-refractivity contribution in [3.05, 3.63) is 0 Å². The first-order valence-electron chi connectivity index (χ1n) is 2.20. The molecule has 7 heteroatoms. The van der Waals surface area contributed by atoms with Gasteiger partial charge < -0.3 is 0 Å². The summed E-state index contributed by atoms with van der Waals surface area (Å²) >= 11 is 4.14. The Balaban J connectivity index is 2.48. The molecule has 52 valence electrons. The molecule has 5 nitrogen and oxygen atoms in total. The van der Waals surface area contributed by atoms with Crippen molar-refractivity contribution in [2.45, 2.75) is 0 Å². The van der Waals surface area contributed by atoms with E-state index in [-0.39, 0.29) is 5.96 Å². The van der Waals surface area contributed by atoms with Crippen LogP contribution in [0.5, 0.6) is 0 Å². The summed E-state index contributed by atoms with van der Waals surface area (Å²) in [7, 11) is 0. The fraction of sp³-hybridized carbons (Fsp3) is 0. The minimum absolute atomic E-state index is 0.187. The van der Waals surface area contributed by atoms with Crippen molar-refractivity contribution in [2.24, 2.45) is 19.6 Å². The lowest BCUT2D eigenvalue weighted by atomic mass is 11.1. The number of carbonyl (C=O) groups excluding carboxylic acids is 1. The van der Waals surface area contributed by atoms with Crippen LogP contribution in [0.3, 0.4) is 0 Å². The molecular formula is C3H2N4OS2. The molecule has 1 rings (SSSR count). The minimum Gasteiger partial charge on any atom is -0.273 e. The minimum atomic E-state index is -0.398. The SMILES string of the molecule is O=C(S)SN=C1N=CN=N1. The summed E-state index contributed by atoms with van der Waals surface area (Å²) < 4.78 is 3.17. The standard InChI is InChI=1S/C3H2N4OS2/c8-3(9)10-7-2-4-1-5-6-2/h1H,(H,8,9). The average Bonchev–Trinajstić information content (AvgIpc) is 2.34. The van der Waals surface area contributed by atoms with Crippen LogP contribution in [0.15, 0.2) is 19.6 Å². The van der Waals surface area contributed by atoms with Gasteiger partial charge in [0.1, 0.15) is 6.34 Å². The summed E-state index contributed by atoms with van der Waals surface area (Å²) in [6, 6.07) is 0. The Labute approximate surface area is 66.3 Å². The van der Waals surface area contributed by atoms with Gasteiger partial charge >= 0.3 is 0 Å². The van der Waals surface area contributed by atoms with Crippen LogP contribution in [0.2, 0.25) is 0 Å². The number of nitrogens with zero attached hydrogens (tertiary/aromatic N) is 4. The normalized spacial score (nSPS) is 18.7. The van der Waals surface area contributed by atoms with E-state index in [0.29, 0.717) is 11.9 Å². The summed E-state index contributed by atoms with van der Waals surface area (Å²) in [5.74, 6) is 0.187. The summed E-state index contributed by atoms with van der Waals surface area (Å²) in [6.07, 6.45) is 1.25. The third-order valence-electron chi connectivity index (χ3n) is 0.577. The number of thiol groups is 1. The van der Waals surface area contributed by atoms with Crippen LogP contribution in [-0.4, -0.2) is 16.7 Å². The Bertz CT molecular complexity index is 219. The van der Waals surface area contributed by atoms with Crippen molar-refractivity contribution in [3.63, 3.8) is 0 Å². The van der Waals surface area contributed by atoms with Crippen molar-refractivity contribution < 1.29 is 4.79 Å². The van der Waals surface area contributed by atoms with Crippen LogP contribution in [0.1, 0.15) is 0 Å². The number of carbonyl (C=O) groups is 1. The molecule has 0 saturated carbocycles. The highest BCUT2D eigenvalue weighted by atomic mass is 32.2. The summed E-state index contributed by atoms with van der Waals surface area (Å²) in [5, 5.41) is 6.85. The first kappa shape index (κ1) is 7.42. The monoisotopic (exact) mass is 174 g/mol. The van der Waals surface area contributed by atoms with Gasteiger partial charge in [0.05, 0.1) is 11.9 Å². The van der Waals surface area contributed by atoms with Gasteiger partial charge in [-0.25, -0.2) is 0 Å². The molecule has 1 aliphatic rings. The second-order valence-electron chi connectivity index (χ2n) is 1.21. The van der Waals surface area contributed by atoms with Gasteiger partial charge in [-0.2, -0.15) is 9.39 Å². The third kappa shape index (κ3) is 2.28. The molecule has 0 unspecified atom stereocenters. The number of aliphatic imine (C=N–C) groups is 1. The van der Waals surface area contributed by atoms with Crippen molar-refractivity contribution in [3.8, 4) is 0 Å². The molecule has 0 N–H and O–H groups in total. The largest absolute Gasteiger partial charge is 0.277 e. The number of guanidine groups is 1. The predicted octanol–water partition coefficient (Wildman–Crippen LogP) is 1.53. The fourth-order valence-corrected chi connectivity index (χ4v) is 0.668. The van der Waals surface area contributed by atoms with Gasteiger partial charge in [-0.3, -0.25) is 4.79 Å². The number of hydrogen-bond donors (Lipinski definition) is 1. The van der Waals surface area contributed by atoms with E-state index in [4.69, 9.17) is 0 Å². The van der Waals surface area contributed by atoms with Crippen LogP contribution in [0.25, 0.3) is 0 Å². The highest BCUT2D eigenvalue weighted by Crippen LogP contribution is 2.10. The Morgan fingerprint density at radius 2 is 2.60 bits per heavy atom. The maximum atomic E-state index is 10.2. The maximum Gasteiger partial charge on any atom is 0.277 e. The quantitative estimate of drug-likeness (QED) is 0.484. The van der Waals surface area contributed by atoms with Crippen LogP contribution < -0.4 is 0 Å². The number of hydrogen-bond acceptors (Lipinski definition) is 4. The van der Waals surface area contributed by atoms with E-state index in [1.165, 1.54) is 6.34 Å². The third-order valence-corrected chi connectivity index (χ3v) is 1.23. The van der Waals surface area contributed by atoms with E-state index < -0.39 is 4.45 Å². The Morgan fingerprint density at radius 1 is 1.80 bits per heavy atom. The lowest BCUT2D eigenvalue weighted by molar-refractivity contribution is 0.277. The second-order valence-corrected chi connectivity index (χ2v) is 2.65. The topological polar surface area (TPSA) is 66.5 Å². The van der Waals surface area contributed by atoms with E-state index in [0.717, 1.165) is 0 Å². The van der Waals surface area contributed by atoms with Crippen molar-refractivity contribution in [2.75, 3.05) is 0 Å². The lowest BCUT2D eigenvalue weighted by Crippen LogP contribution is -1.80. The van der Waals surface area contributed by atoms with Crippen LogP contribution >= 0.6 is 24.6 Å². The fourth-order valence-electron chi connectivity index (χ4n) is 0.302. The molecule has 0 fully saturated rings. The Morgan fingerprint density at radius 3 is 3.10 bits per heavy atom. The zero-order valence-corrected chi connectivity index (χ0v) is 6.34. The van der Waals surface area contributed by atoms with Crippen molar-refractivity contribution in [1.82, 2.24) is 0 Å². The van der Waals surface area contributed by atoms with Gasteiger partial charge in [-0.05, 0) is 0 Å². The first-order valence-corrected chi connectivity index (χ1v) is 3.42. The molecule has 1 heterocycles. The molecule has 0 radical (unpaired) electrons. The maximum absolute atomic E-state index is 10.2. The molecular weight excluding hydrogens is 172 g/mol. The predicted molar refractivity (Wildman–Crippen MR) is 42.8 cm³/mol. The molecule has 0 aliphatic carbocycles. The van der Waals surface area contributed by atoms with Crippen LogP contribution in [-0.2, 0) is 0 Å². The van der Waals surface area contributed by atoms with Crippen molar-refractivity contribution in [1.29, 1.82) is 0 Å². The Hall–Kier alpha value is -0.690. The zero-order valence-electron chi connectivity index (χ0n) is 4.63. The second kappa shape index (κ2) is 3.47. The molecule has 0 bridgehead atoms. The van der Waals surface area contributed by atoms with Gasteiger partial charge in [0.15, 0.2) is 0 Å². The highest BCUT2D eigenvalue weighted by molar-refractivity contribution is 8.31. The van der Waals surface area contributed by atoms with Gasteiger partial charge in [0, 0.05) is 0 Å². The molecule has 0 aromatic carbocycles.